The van der Waals surface area contributed by atoms with Gasteiger partial charge in [0.1, 0.15) is 15.9 Å². The summed E-state index contributed by atoms with van der Waals surface area (Å²) in [7, 11) is 0. The van der Waals surface area contributed by atoms with Gasteiger partial charge in [0.05, 0.1) is 26.6 Å². The van der Waals surface area contributed by atoms with Crippen molar-refractivity contribution in [2.75, 3.05) is 0 Å². The Hall–Kier alpha value is -1.62. The summed E-state index contributed by atoms with van der Waals surface area (Å²) in [6.45, 7) is 0. The summed E-state index contributed by atoms with van der Waals surface area (Å²) in [6.07, 6.45) is 0. The van der Waals surface area contributed by atoms with Crippen LogP contribution in [0.4, 0.5) is 0 Å². The molecule has 0 aliphatic heterocycles. The number of H-pyrrole nitrogens is 1. The lowest BCUT2D eigenvalue weighted by Gasteiger charge is -2.02. The summed E-state index contributed by atoms with van der Waals surface area (Å²) in [5.41, 5.74) is 3.23. The molecular formula is C16H8BrCl2N3. The molecule has 4 aromatic rings. The van der Waals surface area contributed by atoms with Crippen LogP contribution >= 0.6 is 39.1 Å². The fraction of sp³-hybridized carbons (Fsp3) is 0. The number of para-hydroxylation sites is 1. The molecule has 1 N–H and O–H groups in total. The van der Waals surface area contributed by atoms with E-state index in [9.17, 15) is 0 Å². The number of rotatable bonds is 1. The first-order chi connectivity index (χ1) is 10.6. The first-order valence-corrected chi connectivity index (χ1v) is 8.08. The molecule has 0 radical (unpaired) electrons. The van der Waals surface area contributed by atoms with Crippen LogP contribution in [0.15, 0.2) is 47.1 Å². The zero-order chi connectivity index (χ0) is 15.3. The van der Waals surface area contributed by atoms with E-state index in [0.717, 1.165) is 21.9 Å². The van der Waals surface area contributed by atoms with Crippen LogP contribution in [0, 0.1) is 0 Å². The summed E-state index contributed by atoms with van der Waals surface area (Å²) < 4.78 is 0.711. The maximum atomic E-state index is 6.28. The fourth-order valence-electron chi connectivity index (χ4n) is 2.49. The molecule has 6 heteroatoms. The van der Waals surface area contributed by atoms with E-state index in [1.165, 1.54) is 0 Å². The number of hydrogen-bond donors (Lipinski definition) is 1. The third-order valence-corrected chi connectivity index (χ3v) is 4.69. The number of aromatic nitrogens is 3. The van der Waals surface area contributed by atoms with Gasteiger partial charge in [-0.25, -0.2) is 9.97 Å². The molecule has 2 aromatic heterocycles. The van der Waals surface area contributed by atoms with E-state index in [4.69, 9.17) is 28.2 Å². The van der Waals surface area contributed by atoms with Crippen molar-refractivity contribution < 1.29 is 0 Å². The van der Waals surface area contributed by atoms with E-state index >= 15 is 0 Å². The number of pyridine rings is 1. The molecular weight excluding hydrogens is 385 g/mol. The number of aromatic amines is 1. The quantitative estimate of drug-likeness (QED) is 0.413. The molecule has 0 aliphatic carbocycles. The smallest absolute Gasteiger partial charge is 0.141 e. The van der Waals surface area contributed by atoms with Gasteiger partial charge in [-0.15, -0.1) is 0 Å². The highest BCUT2D eigenvalue weighted by Gasteiger charge is 2.16. The maximum Gasteiger partial charge on any atom is 0.141 e. The molecule has 0 saturated carbocycles. The first-order valence-electron chi connectivity index (χ1n) is 6.53. The summed E-state index contributed by atoms with van der Waals surface area (Å²) >= 11 is 16.0. The second kappa shape index (κ2) is 5.23. The second-order valence-corrected chi connectivity index (χ2v) is 6.39. The van der Waals surface area contributed by atoms with Crippen LogP contribution in [0.5, 0.6) is 0 Å². The SMILES string of the molecule is Clc1cccc(Cl)c1-c1nc2c([nH]1)c(Br)nc1ccccc12. The van der Waals surface area contributed by atoms with E-state index in [0.29, 0.717) is 26.0 Å². The number of halogens is 3. The predicted octanol–water partition coefficient (Wildman–Crippen LogP) is 5.85. The van der Waals surface area contributed by atoms with E-state index < -0.39 is 0 Å². The van der Waals surface area contributed by atoms with Crippen molar-refractivity contribution in [3.63, 3.8) is 0 Å². The topological polar surface area (TPSA) is 41.6 Å². The van der Waals surface area contributed by atoms with Crippen molar-refractivity contribution in [2.45, 2.75) is 0 Å². The predicted molar refractivity (Wildman–Crippen MR) is 94.6 cm³/mol. The highest BCUT2D eigenvalue weighted by molar-refractivity contribution is 9.10. The number of nitrogens with one attached hydrogen (secondary N) is 1. The normalized spacial score (nSPS) is 11.4. The Morgan fingerprint density at radius 3 is 2.41 bits per heavy atom. The highest BCUT2D eigenvalue weighted by atomic mass is 79.9. The number of benzene rings is 2. The largest absolute Gasteiger partial charge is 0.336 e. The molecule has 4 rings (SSSR count). The van der Waals surface area contributed by atoms with Gasteiger partial charge in [-0.3, -0.25) is 0 Å². The Morgan fingerprint density at radius 1 is 0.909 bits per heavy atom. The van der Waals surface area contributed by atoms with Crippen LogP contribution < -0.4 is 0 Å². The molecule has 0 spiro atoms. The van der Waals surface area contributed by atoms with E-state index in [-0.39, 0.29) is 0 Å². The number of imidazole rings is 1. The van der Waals surface area contributed by atoms with Crippen molar-refractivity contribution in [3.8, 4) is 11.4 Å². The van der Waals surface area contributed by atoms with Crippen LogP contribution in [0.2, 0.25) is 10.0 Å². The van der Waals surface area contributed by atoms with Gasteiger partial charge >= 0.3 is 0 Å². The number of nitrogens with zero attached hydrogens (tertiary/aromatic N) is 2. The number of hydrogen-bond acceptors (Lipinski definition) is 2. The average molecular weight is 393 g/mol. The van der Waals surface area contributed by atoms with Crippen LogP contribution in [-0.2, 0) is 0 Å². The first kappa shape index (κ1) is 14.0. The van der Waals surface area contributed by atoms with Crippen LogP contribution in [0.3, 0.4) is 0 Å². The van der Waals surface area contributed by atoms with Gasteiger partial charge in [0.15, 0.2) is 0 Å². The maximum absolute atomic E-state index is 6.28. The zero-order valence-corrected chi connectivity index (χ0v) is 14.2. The van der Waals surface area contributed by atoms with Crippen LogP contribution in [0.1, 0.15) is 0 Å². The molecule has 0 amide bonds. The molecule has 0 aliphatic rings. The van der Waals surface area contributed by atoms with Gasteiger partial charge in [0.25, 0.3) is 0 Å². The van der Waals surface area contributed by atoms with E-state index in [1.807, 2.05) is 30.3 Å². The Morgan fingerprint density at radius 2 is 1.64 bits per heavy atom. The lowest BCUT2D eigenvalue weighted by atomic mass is 10.2. The molecule has 3 nitrogen and oxygen atoms in total. The molecule has 0 atom stereocenters. The van der Waals surface area contributed by atoms with Crippen molar-refractivity contribution in [2.24, 2.45) is 0 Å². The molecule has 22 heavy (non-hydrogen) atoms. The minimum Gasteiger partial charge on any atom is -0.336 e. The van der Waals surface area contributed by atoms with Gasteiger partial charge in [-0.1, -0.05) is 47.5 Å². The molecule has 2 heterocycles. The minimum atomic E-state index is 0.556. The minimum absolute atomic E-state index is 0.556. The Bertz CT molecular complexity index is 1010. The van der Waals surface area contributed by atoms with E-state index in [2.05, 4.69) is 25.9 Å². The van der Waals surface area contributed by atoms with E-state index in [1.54, 1.807) is 12.1 Å². The van der Waals surface area contributed by atoms with Crippen LogP contribution in [-0.4, -0.2) is 15.0 Å². The van der Waals surface area contributed by atoms with Gasteiger partial charge in [0.2, 0.25) is 0 Å². The Kier molecular flexibility index (Phi) is 3.33. The average Bonchev–Trinajstić information content (AvgIpc) is 2.93. The van der Waals surface area contributed by atoms with Gasteiger partial charge in [-0.2, -0.15) is 0 Å². The zero-order valence-electron chi connectivity index (χ0n) is 11.1. The van der Waals surface area contributed by atoms with Crippen molar-refractivity contribution in [1.29, 1.82) is 0 Å². The summed E-state index contributed by atoms with van der Waals surface area (Å²) in [5, 5.41) is 2.09. The fourth-order valence-corrected chi connectivity index (χ4v) is 3.55. The van der Waals surface area contributed by atoms with Crippen molar-refractivity contribution >= 4 is 61.1 Å². The molecule has 108 valence electrons. The molecule has 0 fully saturated rings. The Labute approximate surface area is 144 Å². The van der Waals surface area contributed by atoms with Crippen LogP contribution in [0.25, 0.3) is 33.3 Å². The van der Waals surface area contributed by atoms with Gasteiger partial charge < -0.3 is 4.98 Å². The molecule has 0 unspecified atom stereocenters. The third-order valence-electron chi connectivity index (χ3n) is 3.49. The van der Waals surface area contributed by atoms with Crippen molar-refractivity contribution in [3.05, 3.63) is 57.1 Å². The summed E-state index contributed by atoms with van der Waals surface area (Å²) in [5.74, 6) is 0.629. The summed E-state index contributed by atoms with van der Waals surface area (Å²) in [6, 6.07) is 13.3. The number of fused-ring (bicyclic) bond motifs is 3. The van der Waals surface area contributed by atoms with Crippen molar-refractivity contribution in [1.82, 2.24) is 15.0 Å². The van der Waals surface area contributed by atoms with Gasteiger partial charge in [0, 0.05) is 5.39 Å². The summed E-state index contributed by atoms with van der Waals surface area (Å²) in [4.78, 5) is 12.5. The second-order valence-electron chi connectivity index (χ2n) is 4.83. The lowest BCUT2D eigenvalue weighted by molar-refractivity contribution is 1.32. The monoisotopic (exact) mass is 391 g/mol. The molecule has 2 aromatic carbocycles. The lowest BCUT2D eigenvalue weighted by Crippen LogP contribution is -1.83. The third kappa shape index (κ3) is 2.10. The standard InChI is InChI=1S/C16H8BrCl2N3/c17-15-14-13(8-4-1-2-7-11(8)20-15)21-16(22-14)12-9(18)5-3-6-10(12)19/h1-7H,(H,21,22). The highest BCUT2D eigenvalue weighted by Crippen LogP contribution is 2.36. The van der Waals surface area contributed by atoms with Gasteiger partial charge in [-0.05, 0) is 34.1 Å². The Balaban J connectivity index is 2.10. The molecule has 0 bridgehead atoms. The molecule has 0 saturated heterocycles.